The maximum absolute atomic E-state index is 5.88. The maximum atomic E-state index is 5.88. The predicted molar refractivity (Wildman–Crippen MR) is 106 cm³/mol. The van der Waals surface area contributed by atoms with Crippen molar-refractivity contribution >= 4 is 28.4 Å². The van der Waals surface area contributed by atoms with E-state index < -0.39 is 0 Å². The molecule has 0 aliphatic heterocycles. The van der Waals surface area contributed by atoms with E-state index in [-0.39, 0.29) is 0 Å². The first-order valence-corrected chi connectivity index (χ1v) is 9.46. The third kappa shape index (κ3) is 2.68. The Bertz CT molecular complexity index is 929. The van der Waals surface area contributed by atoms with Gasteiger partial charge in [-0.3, -0.25) is 0 Å². The Morgan fingerprint density at radius 3 is 1.58 bits per heavy atom. The molecule has 4 rings (SSSR count). The van der Waals surface area contributed by atoms with Crippen LogP contribution in [0.25, 0.3) is 26.8 Å². The fourth-order valence-electron chi connectivity index (χ4n) is 2.87. The zero-order valence-electron chi connectivity index (χ0n) is 13.6. The van der Waals surface area contributed by atoms with Gasteiger partial charge in [0.05, 0.1) is 21.1 Å². The number of aryl methyl sites for hydroxylation is 2. The average molecular weight is 351 g/mol. The van der Waals surface area contributed by atoms with Gasteiger partial charge in [0.15, 0.2) is 0 Å². The molecular weight excluding hydrogens is 332 g/mol. The Morgan fingerprint density at radius 1 is 0.667 bits per heavy atom. The van der Waals surface area contributed by atoms with Crippen molar-refractivity contribution in [1.82, 2.24) is 4.57 Å². The monoisotopic (exact) mass is 350 g/mol. The van der Waals surface area contributed by atoms with E-state index in [4.69, 9.17) is 5.73 Å². The molecule has 0 bridgehead atoms. The highest BCUT2D eigenvalue weighted by atomic mass is 32.1. The molecule has 0 saturated heterocycles. The van der Waals surface area contributed by atoms with Crippen LogP contribution in [-0.4, -0.2) is 4.57 Å². The molecule has 2 N–H and O–H groups in total. The molecule has 0 spiro atoms. The molecule has 4 heteroatoms. The maximum Gasteiger partial charge on any atom is 0.0635 e. The second-order valence-electron chi connectivity index (χ2n) is 5.85. The number of anilines is 1. The molecule has 1 aromatic carbocycles. The van der Waals surface area contributed by atoms with Crippen LogP contribution in [0.4, 0.5) is 5.69 Å². The van der Waals surface area contributed by atoms with E-state index >= 15 is 0 Å². The molecule has 0 fully saturated rings. The fraction of sp³-hybridized carbons (Fsp3) is 0.100. The minimum atomic E-state index is 0.785. The number of nitrogen functional groups attached to an aromatic ring is 1. The Hall–Kier alpha value is -2.30. The third-order valence-electron chi connectivity index (χ3n) is 4.02. The zero-order chi connectivity index (χ0) is 16.7. The lowest BCUT2D eigenvalue weighted by Gasteiger charge is -2.13. The van der Waals surface area contributed by atoms with Crippen molar-refractivity contribution in [2.24, 2.45) is 0 Å². The molecule has 0 atom stereocenters. The molecule has 120 valence electrons. The Kier molecular flexibility index (Phi) is 3.79. The van der Waals surface area contributed by atoms with Gasteiger partial charge in [0.2, 0.25) is 0 Å². The molecule has 0 saturated carbocycles. The summed E-state index contributed by atoms with van der Waals surface area (Å²) >= 11 is 3.65. The van der Waals surface area contributed by atoms with Gasteiger partial charge in [-0.2, -0.15) is 0 Å². The number of hydrogen-bond donors (Lipinski definition) is 1. The number of thiophene rings is 2. The van der Waals surface area contributed by atoms with Crippen molar-refractivity contribution in [3.05, 3.63) is 70.4 Å². The van der Waals surface area contributed by atoms with Gasteiger partial charge in [0, 0.05) is 21.1 Å². The van der Waals surface area contributed by atoms with Crippen LogP contribution in [0.2, 0.25) is 0 Å². The Balaban J connectivity index is 1.95. The first-order valence-electron chi connectivity index (χ1n) is 7.83. The van der Waals surface area contributed by atoms with Crippen LogP contribution >= 0.6 is 22.7 Å². The van der Waals surface area contributed by atoms with Crippen molar-refractivity contribution in [3.63, 3.8) is 0 Å². The zero-order valence-corrected chi connectivity index (χ0v) is 15.2. The summed E-state index contributed by atoms with van der Waals surface area (Å²) in [4.78, 5) is 5.21. The SMILES string of the molecule is Cc1ccc(-c2ccc(-c3ccc(C)s3)n2-c2ccc(N)cc2)s1. The molecule has 0 amide bonds. The van der Waals surface area contributed by atoms with Gasteiger partial charge in [-0.25, -0.2) is 0 Å². The Labute approximate surface area is 149 Å². The van der Waals surface area contributed by atoms with Gasteiger partial charge in [-0.15, -0.1) is 22.7 Å². The topological polar surface area (TPSA) is 30.9 Å². The van der Waals surface area contributed by atoms with Crippen LogP contribution in [0.5, 0.6) is 0 Å². The van der Waals surface area contributed by atoms with Crippen molar-refractivity contribution in [1.29, 1.82) is 0 Å². The summed E-state index contributed by atoms with van der Waals surface area (Å²) in [7, 11) is 0. The highest BCUT2D eigenvalue weighted by Crippen LogP contribution is 2.37. The van der Waals surface area contributed by atoms with Crippen LogP contribution in [0.1, 0.15) is 9.75 Å². The van der Waals surface area contributed by atoms with E-state index in [1.54, 1.807) is 0 Å². The molecule has 4 aromatic rings. The normalized spacial score (nSPS) is 11.1. The van der Waals surface area contributed by atoms with E-state index in [2.05, 4.69) is 66.9 Å². The average Bonchev–Trinajstić information content (AvgIpc) is 3.27. The van der Waals surface area contributed by atoms with Gasteiger partial charge in [0.25, 0.3) is 0 Å². The molecule has 3 aromatic heterocycles. The van der Waals surface area contributed by atoms with E-state index in [0.717, 1.165) is 11.4 Å². The van der Waals surface area contributed by atoms with Crippen molar-refractivity contribution in [2.45, 2.75) is 13.8 Å². The summed E-state index contributed by atoms with van der Waals surface area (Å²) in [6, 6.07) is 21.3. The van der Waals surface area contributed by atoms with Crippen LogP contribution in [0.3, 0.4) is 0 Å². The summed E-state index contributed by atoms with van der Waals surface area (Å²) in [6.07, 6.45) is 0. The lowest BCUT2D eigenvalue weighted by molar-refractivity contribution is 1.10. The second-order valence-corrected chi connectivity index (χ2v) is 8.43. The fourth-order valence-corrected chi connectivity index (χ4v) is 4.63. The van der Waals surface area contributed by atoms with Crippen LogP contribution < -0.4 is 5.73 Å². The summed E-state index contributed by atoms with van der Waals surface area (Å²) < 4.78 is 2.33. The molecule has 0 aliphatic rings. The number of aromatic nitrogens is 1. The first-order chi connectivity index (χ1) is 11.6. The quantitative estimate of drug-likeness (QED) is 0.442. The summed E-state index contributed by atoms with van der Waals surface area (Å²) in [5.74, 6) is 0. The summed E-state index contributed by atoms with van der Waals surface area (Å²) in [5.41, 5.74) is 10.2. The molecule has 2 nitrogen and oxygen atoms in total. The van der Waals surface area contributed by atoms with Crippen molar-refractivity contribution < 1.29 is 0 Å². The van der Waals surface area contributed by atoms with E-state index in [1.165, 1.54) is 30.9 Å². The first kappa shape index (κ1) is 15.2. The lowest BCUT2D eigenvalue weighted by atomic mass is 10.2. The van der Waals surface area contributed by atoms with Crippen molar-refractivity contribution in [2.75, 3.05) is 5.73 Å². The standard InChI is InChI=1S/C20H18N2S2/c1-13-3-11-19(23-13)17-9-10-18(20-12-4-14(2)24-20)22(17)16-7-5-15(21)6-8-16/h3-12H,21H2,1-2H3. The van der Waals surface area contributed by atoms with Crippen LogP contribution in [0.15, 0.2) is 60.7 Å². The summed E-state index contributed by atoms with van der Waals surface area (Å²) in [5, 5.41) is 0. The minimum absolute atomic E-state index is 0.785. The van der Waals surface area contributed by atoms with Crippen LogP contribution in [0, 0.1) is 13.8 Å². The lowest BCUT2D eigenvalue weighted by Crippen LogP contribution is -1.98. The number of nitrogens with zero attached hydrogens (tertiary/aromatic N) is 1. The Morgan fingerprint density at radius 2 is 1.17 bits per heavy atom. The molecular formula is C20H18N2S2. The van der Waals surface area contributed by atoms with E-state index in [1.807, 2.05) is 34.8 Å². The largest absolute Gasteiger partial charge is 0.399 e. The van der Waals surface area contributed by atoms with Gasteiger partial charge in [-0.1, -0.05) is 0 Å². The highest BCUT2D eigenvalue weighted by Gasteiger charge is 2.15. The van der Waals surface area contributed by atoms with Gasteiger partial charge >= 0.3 is 0 Å². The summed E-state index contributed by atoms with van der Waals surface area (Å²) in [6.45, 7) is 4.29. The molecule has 0 radical (unpaired) electrons. The number of nitrogens with two attached hydrogens (primary N) is 1. The molecule has 0 aliphatic carbocycles. The van der Waals surface area contributed by atoms with Gasteiger partial charge < -0.3 is 10.3 Å². The molecule has 24 heavy (non-hydrogen) atoms. The number of rotatable bonds is 3. The van der Waals surface area contributed by atoms with Crippen molar-refractivity contribution in [3.8, 4) is 26.8 Å². The molecule has 0 unspecified atom stereocenters. The van der Waals surface area contributed by atoms with E-state index in [0.29, 0.717) is 0 Å². The highest BCUT2D eigenvalue weighted by molar-refractivity contribution is 7.15. The van der Waals surface area contributed by atoms with Crippen LogP contribution in [-0.2, 0) is 0 Å². The number of hydrogen-bond acceptors (Lipinski definition) is 3. The van der Waals surface area contributed by atoms with Gasteiger partial charge in [0.1, 0.15) is 0 Å². The third-order valence-corrected chi connectivity index (χ3v) is 6.06. The second kappa shape index (κ2) is 5.96. The molecule has 3 heterocycles. The van der Waals surface area contributed by atoms with E-state index in [9.17, 15) is 0 Å². The van der Waals surface area contributed by atoms with Gasteiger partial charge in [-0.05, 0) is 74.5 Å². The predicted octanol–water partition coefficient (Wildman–Crippen LogP) is 6.13. The number of benzene rings is 1. The smallest absolute Gasteiger partial charge is 0.0635 e. The minimum Gasteiger partial charge on any atom is -0.399 e.